The van der Waals surface area contributed by atoms with E-state index < -0.39 is 0 Å². The second kappa shape index (κ2) is 5.73. The van der Waals surface area contributed by atoms with Crippen molar-refractivity contribution < 1.29 is 9.59 Å². The molecule has 1 aromatic heterocycles. The van der Waals surface area contributed by atoms with Crippen LogP contribution in [0.3, 0.4) is 0 Å². The molecule has 0 radical (unpaired) electrons. The molecular weight excluding hydrogens is 326 g/mol. The van der Waals surface area contributed by atoms with Crippen LogP contribution < -0.4 is 5.32 Å². The minimum atomic E-state index is -0.0991. The Kier molecular flexibility index (Phi) is 3.35. The fourth-order valence-electron chi connectivity index (χ4n) is 4.37. The van der Waals surface area contributed by atoms with Crippen LogP contribution in [-0.2, 0) is 6.42 Å². The molecule has 5 heteroatoms. The van der Waals surface area contributed by atoms with Crippen molar-refractivity contribution in [1.29, 1.82) is 0 Å². The molecule has 0 aliphatic carbocycles. The molecule has 130 valence electrons. The maximum absolute atomic E-state index is 12.9. The van der Waals surface area contributed by atoms with E-state index in [9.17, 15) is 9.59 Å². The third-order valence-electron chi connectivity index (χ3n) is 5.48. The zero-order valence-electron chi connectivity index (χ0n) is 14.3. The molecule has 2 aliphatic rings. The molecule has 2 amide bonds. The van der Waals surface area contributed by atoms with Crippen molar-refractivity contribution in [3.8, 4) is 0 Å². The Bertz CT molecular complexity index is 1020. The third kappa shape index (κ3) is 2.17. The fraction of sp³-hybridized carbons (Fsp3) is 0.238. The van der Waals surface area contributed by atoms with Gasteiger partial charge in [-0.2, -0.15) is 0 Å². The summed E-state index contributed by atoms with van der Waals surface area (Å²) in [5.74, 6) is 0.129. The first-order chi connectivity index (χ1) is 12.7. The standard InChI is InChI=1S/C21H19N3O2/c25-19-11-10-18-20-16(15-8-4-5-9-17(15)24(19)20)12-13-23(18)21(26)22-14-6-2-1-3-7-14/h1-9,18H,10-13H2,(H,22,26)/t18-/m0/s1. The largest absolute Gasteiger partial charge is 0.322 e. The van der Waals surface area contributed by atoms with Gasteiger partial charge in [-0.05, 0) is 36.6 Å². The summed E-state index contributed by atoms with van der Waals surface area (Å²) < 4.78 is 1.85. The Balaban J connectivity index is 1.56. The number of nitrogens with one attached hydrogen (secondary N) is 1. The molecule has 0 spiro atoms. The van der Waals surface area contributed by atoms with Gasteiger partial charge in [-0.3, -0.25) is 9.36 Å². The minimum absolute atomic E-state index is 0.0486. The Hall–Kier alpha value is -3.08. The predicted octanol–water partition coefficient (Wildman–Crippen LogP) is 4.21. The first-order valence-corrected chi connectivity index (χ1v) is 9.02. The van der Waals surface area contributed by atoms with Crippen LogP contribution in [0.4, 0.5) is 10.5 Å². The molecule has 5 nitrogen and oxygen atoms in total. The van der Waals surface area contributed by atoms with Crippen LogP contribution in [0.1, 0.15) is 34.9 Å². The van der Waals surface area contributed by atoms with E-state index in [0.717, 1.165) is 28.7 Å². The van der Waals surface area contributed by atoms with Gasteiger partial charge in [-0.1, -0.05) is 36.4 Å². The van der Waals surface area contributed by atoms with E-state index in [-0.39, 0.29) is 18.0 Å². The molecule has 0 unspecified atom stereocenters. The summed E-state index contributed by atoms with van der Waals surface area (Å²) in [5, 5.41) is 4.13. The molecule has 3 aromatic rings. The van der Waals surface area contributed by atoms with Crippen LogP contribution in [0, 0.1) is 0 Å². The molecule has 2 aliphatic heterocycles. The number of anilines is 1. The second-order valence-electron chi connectivity index (χ2n) is 6.90. The number of rotatable bonds is 1. The maximum atomic E-state index is 12.9. The monoisotopic (exact) mass is 345 g/mol. The van der Waals surface area contributed by atoms with Crippen molar-refractivity contribution >= 4 is 28.5 Å². The number of nitrogens with zero attached hydrogens (tertiary/aromatic N) is 2. The van der Waals surface area contributed by atoms with Crippen LogP contribution >= 0.6 is 0 Å². The molecular formula is C21H19N3O2. The van der Waals surface area contributed by atoms with Gasteiger partial charge in [0.05, 0.1) is 17.3 Å². The summed E-state index contributed by atoms with van der Waals surface area (Å²) in [6.07, 6.45) is 1.92. The van der Waals surface area contributed by atoms with Gasteiger partial charge in [-0.25, -0.2) is 4.79 Å². The molecule has 0 fully saturated rings. The Morgan fingerprint density at radius 1 is 1.00 bits per heavy atom. The highest BCUT2D eigenvalue weighted by Crippen LogP contribution is 2.42. The van der Waals surface area contributed by atoms with Gasteiger partial charge in [0.25, 0.3) is 0 Å². The normalized spacial score (nSPS) is 18.7. The maximum Gasteiger partial charge on any atom is 0.322 e. The van der Waals surface area contributed by atoms with E-state index in [2.05, 4.69) is 11.4 Å². The van der Waals surface area contributed by atoms with E-state index in [1.165, 1.54) is 5.56 Å². The summed E-state index contributed by atoms with van der Waals surface area (Å²) in [4.78, 5) is 27.4. The number of para-hydroxylation sites is 2. The lowest BCUT2D eigenvalue weighted by molar-refractivity contribution is 0.0837. The van der Waals surface area contributed by atoms with Gasteiger partial charge < -0.3 is 10.2 Å². The van der Waals surface area contributed by atoms with Crippen LogP contribution in [-0.4, -0.2) is 28.0 Å². The van der Waals surface area contributed by atoms with Crippen molar-refractivity contribution in [1.82, 2.24) is 9.47 Å². The van der Waals surface area contributed by atoms with Gasteiger partial charge in [0, 0.05) is 24.0 Å². The van der Waals surface area contributed by atoms with Crippen molar-refractivity contribution in [2.24, 2.45) is 0 Å². The first kappa shape index (κ1) is 15.2. The predicted molar refractivity (Wildman–Crippen MR) is 100 cm³/mol. The number of carbonyl (C=O) groups excluding carboxylic acids is 2. The number of urea groups is 1. The van der Waals surface area contributed by atoms with Crippen molar-refractivity contribution in [2.45, 2.75) is 25.3 Å². The third-order valence-corrected chi connectivity index (χ3v) is 5.48. The number of fused-ring (bicyclic) bond motifs is 3. The van der Waals surface area contributed by atoms with Gasteiger partial charge in [0.1, 0.15) is 0 Å². The first-order valence-electron chi connectivity index (χ1n) is 9.02. The molecule has 26 heavy (non-hydrogen) atoms. The Morgan fingerprint density at radius 3 is 2.62 bits per heavy atom. The van der Waals surface area contributed by atoms with Crippen LogP contribution in [0.15, 0.2) is 54.6 Å². The van der Waals surface area contributed by atoms with Gasteiger partial charge >= 0.3 is 6.03 Å². The molecule has 1 atom stereocenters. The molecule has 0 bridgehead atoms. The number of hydrogen-bond donors (Lipinski definition) is 1. The molecule has 1 N–H and O–H groups in total. The molecule has 2 aromatic carbocycles. The summed E-state index contributed by atoms with van der Waals surface area (Å²) in [6, 6.07) is 17.4. The number of benzene rings is 2. The number of amides is 2. The average Bonchev–Trinajstić information content (AvgIpc) is 3.02. The molecule has 5 rings (SSSR count). The topological polar surface area (TPSA) is 54.3 Å². The van der Waals surface area contributed by atoms with Gasteiger partial charge in [0.15, 0.2) is 0 Å². The summed E-state index contributed by atoms with van der Waals surface area (Å²) in [5.41, 5.74) is 3.99. The number of carbonyl (C=O) groups is 2. The molecule has 0 saturated heterocycles. The van der Waals surface area contributed by atoms with Crippen molar-refractivity contribution in [3.63, 3.8) is 0 Å². The van der Waals surface area contributed by atoms with Gasteiger partial charge in [0.2, 0.25) is 5.91 Å². The SMILES string of the molecule is O=C(Nc1ccccc1)N1CCc2c3n(c4ccccc24)C(=O)CC[C@@H]31. The van der Waals surface area contributed by atoms with E-state index in [0.29, 0.717) is 19.4 Å². The van der Waals surface area contributed by atoms with E-state index in [1.807, 2.05) is 58.0 Å². The second-order valence-corrected chi connectivity index (χ2v) is 6.90. The average molecular weight is 345 g/mol. The highest BCUT2D eigenvalue weighted by Gasteiger charge is 2.39. The summed E-state index contributed by atoms with van der Waals surface area (Å²) in [7, 11) is 0. The zero-order chi connectivity index (χ0) is 17.7. The lowest BCUT2D eigenvalue weighted by Gasteiger charge is -2.38. The van der Waals surface area contributed by atoms with Crippen LogP contribution in [0.5, 0.6) is 0 Å². The summed E-state index contributed by atoms with van der Waals surface area (Å²) >= 11 is 0. The lowest BCUT2D eigenvalue weighted by Crippen LogP contribution is -2.45. The van der Waals surface area contributed by atoms with Gasteiger partial charge in [-0.15, -0.1) is 0 Å². The fourth-order valence-corrected chi connectivity index (χ4v) is 4.37. The van der Waals surface area contributed by atoms with Crippen LogP contribution in [0.2, 0.25) is 0 Å². The van der Waals surface area contributed by atoms with E-state index in [1.54, 1.807) is 0 Å². The molecule has 0 saturated carbocycles. The van der Waals surface area contributed by atoms with Crippen molar-refractivity contribution in [3.05, 3.63) is 65.9 Å². The number of aromatic nitrogens is 1. The minimum Gasteiger partial charge on any atom is -0.316 e. The highest BCUT2D eigenvalue weighted by atomic mass is 16.2. The Morgan fingerprint density at radius 2 is 1.77 bits per heavy atom. The lowest BCUT2D eigenvalue weighted by atomic mass is 9.92. The van der Waals surface area contributed by atoms with Crippen molar-refractivity contribution in [2.75, 3.05) is 11.9 Å². The molecule has 3 heterocycles. The van der Waals surface area contributed by atoms with Crippen LogP contribution in [0.25, 0.3) is 10.9 Å². The smallest absolute Gasteiger partial charge is 0.316 e. The Labute approximate surface area is 151 Å². The summed E-state index contributed by atoms with van der Waals surface area (Å²) in [6.45, 7) is 0.665. The van der Waals surface area contributed by atoms with E-state index >= 15 is 0 Å². The van der Waals surface area contributed by atoms with E-state index in [4.69, 9.17) is 0 Å². The zero-order valence-corrected chi connectivity index (χ0v) is 14.3. The highest BCUT2D eigenvalue weighted by molar-refractivity contribution is 5.98. The number of hydrogen-bond acceptors (Lipinski definition) is 2. The quantitative estimate of drug-likeness (QED) is 0.718.